The number of hydrogen-bond acceptors (Lipinski definition) is 4. The number of carboxylic acids is 1. The number of hydrogen-bond donors (Lipinski definition) is 2. The van der Waals surface area contributed by atoms with Crippen LogP contribution in [0.5, 0.6) is 0 Å². The fraction of sp³-hybridized carbons (Fsp3) is 0.250. The number of carbonyl (C=O) groups is 1. The summed E-state index contributed by atoms with van der Waals surface area (Å²) in [7, 11) is 0. The van der Waals surface area contributed by atoms with Crippen LogP contribution < -0.4 is 16.1 Å². The monoisotopic (exact) mass is 473 g/mol. The molecule has 176 valence electrons. The minimum absolute atomic E-state index is 0.0226. The van der Waals surface area contributed by atoms with Gasteiger partial charge in [0.15, 0.2) is 5.82 Å². The van der Waals surface area contributed by atoms with Crippen molar-refractivity contribution in [2.75, 3.05) is 18.0 Å². The molecule has 2 aromatic carbocycles. The third kappa shape index (κ3) is 3.37. The van der Waals surface area contributed by atoms with Gasteiger partial charge in [-0.15, -0.1) is 0 Å². The van der Waals surface area contributed by atoms with Crippen molar-refractivity contribution in [2.45, 2.75) is 12.5 Å². The minimum atomic E-state index is -1.65. The Bertz CT molecular complexity index is 1440. The Kier molecular flexibility index (Phi) is 5.20. The second kappa shape index (κ2) is 7.98. The molecule has 3 atom stereocenters. The molecule has 1 aliphatic heterocycles. The Morgan fingerprint density at radius 1 is 1.09 bits per heavy atom. The maximum absolute atomic E-state index is 16.0. The SMILES string of the molecule is N[C@@H]1C=CC[C@@H]2CN(c3c(F)cc4c(=O)c(C(=O)O)cn(-c5ccc(F)cc5F)c4c3F)C[C@@H]21. The number of aromatic carboxylic acids is 1. The van der Waals surface area contributed by atoms with Crippen molar-refractivity contribution in [2.24, 2.45) is 17.6 Å². The zero-order chi connectivity index (χ0) is 24.3. The smallest absolute Gasteiger partial charge is 0.341 e. The first-order valence-corrected chi connectivity index (χ1v) is 10.6. The lowest BCUT2D eigenvalue weighted by atomic mass is 9.83. The highest BCUT2D eigenvalue weighted by Gasteiger charge is 2.39. The number of benzene rings is 2. The zero-order valence-corrected chi connectivity index (χ0v) is 17.6. The Hall–Kier alpha value is -3.66. The second-order valence-corrected chi connectivity index (χ2v) is 8.63. The highest BCUT2D eigenvalue weighted by Crippen LogP contribution is 2.39. The summed E-state index contributed by atoms with van der Waals surface area (Å²) in [5.74, 6) is -5.80. The molecule has 5 rings (SSSR count). The third-order valence-electron chi connectivity index (χ3n) is 6.66. The predicted octanol–water partition coefficient (Wildman–Crippen LogP) is 3.58. The fourth-order valence-electron chi connectivity index (χ4n) is 5.03. The molecule has 0 saturated carbocycles. The number of aromatic nitrogens is 1. The summed E-state index contributed by atoms with van der Waals surface area (Å²) >= 11 is 0. The molecular formula is C24H19F4N3O3. The lowest BCUT2D eigenvalue weighted by Gasteiger charge is -2.25. The summed E-state index contributed by atoms with van der Waals surface area (Å²) in [6.45, 7) is 0.599. The van der Waals surface area contributed by atoms with Crippen LogP contribution in [0.25, 0.3) is 16.6 Å². The van der Waals surface area contributed by atoms with Crippen LogP contribution in [0.3, 0.4) is 0 Å². The van der Waals surface area contributed by atoms with Crippen LogP contribution in [0.1, 0.15) is 16.8 Å². The molecule has 0 spiro atoms. The highest BCUT2D eigenvalue weighted by atomic mass is 19.1. The van der Waals surface area contributed by atoms with Gasteiger partial charge in [-0.2, -0.15) is 0 Å². The first-order valence-electron chi connectivity index (χ1n) is 10.6. The molecule has 34 heavy (non-hydrogen) atoms. The van der Waals surface area contributed by atoms with Gasteiger partial charge < -0.3 is 20.3 Å². The van der Waals surface area contributed by atoms with Crippen molar-refractivity contribution >= 4 is 22.6 Å². The van der Waals surface area contributed by atoms with Crippen molar-refractivity contribution in [1.82, 2.24) is 4.57 Å². The van der Waals surface area contributed by atoms with Gasteiger partial charge in [-0.25, -0.2) is 22.4 Å². The van der Waals surface area contributed by atoms with Crippen molar-refractivity contribution in [3.05, 3.63) is 81.7 Å². The van der Waals surface area contributed by atoms with Crippen LogP contribution in [-0.4, -0.2) is 34.8 Å². The zero-order valence-electron chi connectivity index (χ0n) is 17.6. The van der Waals surface area contributed by atoms with Gasteiger partial charge in [-0.1, -0.05) is 12.2 Å². The standard InChI is InChI=1S/C24H19F4N3O3/c25-12-4-5-19(16(26)6-12)31-10-15(24(33)34)23(32)13-7-17(27)22(20(28)21(13)31)30-8-11-2-1-3-18(29)14(11)9-30/h1,3-7,10-11,14,18H,2,8-9,29H2,(H,33,34)/t11-,14+,18-/m1/s1. The average Bonchev–Trinajstić information content (AvgIpc) is 3.20. The third-order valence-corrected chi connectivity index (χ3v) is 6.66. The molecule has 0 amide bonds. The van der Waals surface area contributed by atoms with Crippen LogP contribution in [0.15, 0.2) is 47.4 Å². The Balaban J connectivity index is 1.77. The van der Waals surface area contributed by atoms with E-state index in [0.29, 0.717) is 19.0 Å². The van der Waals surface area contributed by atoms with Crippen LogP contribution >= 0.6 is 0 Å². The molecule has 3 N–H and O–H groups in total. The fourth-order valence-corrected chi connectivity index (χ4v) is 5.03. The molecule has 2 heterocycles. The maximum atomic E-state index is 16.0. The van der Waals surface area contributed by atoms with E-state index < -0.39 is 62.5 Å². The molecule has 1 aromatic heterocycles. The molecule has 10 heteroatoms. The molecule has 3 aromatic rings. The second-order valence-electron chi connectivity index (χ2n) is 8.63. The number of carboxylic acid groups (broad SMARTS) is 1. The van der Waals surface area contributed by atoms with Gasteiger partial charge in [0.1, 0.15) is 28.7 Å². The van der Waals surface area contributed by atoms with E-state index in [1.165, 1.54) is 4.90 Å². The first-order chi connectivity index (χ1) is 16.2. The van der Waals surface area contributed by atoms with E-state index >= 15 is 8.78 Å². The van der Waals surface area contributed by atoms with Crippen LogP contribution in [0.2, 0.25) is 0 Å². The van der Waals surface area contributed by atoms with E-state index in [9.17, 15) is 23.5 Å². The molecule has 2 aliphatic rings. The van der Waals surface area contributed by atoms with Gasteiger partial charge >= 0.3 is 5.97 Å². The lowest BCUT2D eigenvalue weighted by Crippen LogP contribution is -2.35. The Morgan fingerprint density at radius 2 is 1.85 bits per heavy atom. The van der Waals surface area contributed by atoms with Crippen LogP contribution in [-0.2, 0) is 0 Å². The van der Waals surface area contributed by atoms with E-state index in [2.05, 4.69) is 0 Å². The number of pyridine rings is 1. The van der Waals surface area contributed by atoms with Crippen molar-refractivity contribution in [3.8, 4) is 5.69 Å². The van der Waals surface area contributed by atoms with E-state index in [-0.39, 0.29) is 24.4 Å². The van der Waals surface area contributed by atoms with Crippen LogP contribution in [0, 0.1) is 35.1 Å². The van der Waals surface area contributed by atoms with Gasteiger partial charge in [0.25, 0.3) is 0 Å². The molecule has 0 unspecified atom stereocenters. The number of nitrogens with two attached hydrogens (primary N) is 1. The van der Waals surface area contributed by atoms with E-state index in [1.54, 1.807) is 0 Å². The lowest BCUT2D eigenvalue weighted by molar-refractivity contribution is 0.0695. The number of anilines is 1. The van der Waals surface area contributed by atoms with Gasteiger partial charge in [-0.3, -0.25) is 4.79 Å². The molecule has 0 radical (unpaired) electrons. The largest absolute Gasteiger partial charge is 0.477 e. The molecule has 1 fully saturated rings. The molecule has 1 aliphatic carbocycles. The molecule has 6 nitrogen and oxygen atoms in total. The Labute approximate surface area is 190 Å². The summed E-state index contributed by atoms with van der Waals surface area (Å²) in [5.41, 5.74) is 2.90. The van der Waals surface area contributed by atoms with Gasteiger partial charge in [0, 0.05) is 31.4 Å². The summed E-state index contributed by atoms with van der Waals surface area (Å²) in [6.07, 6.45) is 5.27. The van der Waals surface area contributed by atoms with Gasteiger partial charge in [-0.05, 0) is 36.5 Å². The van der Waals surface area contributed by atoms with E-state index in [4.69, 9.17) is 5.73 Å². The summed E-state index contributed by atoms with van der Waals surface area (Å²) < 4.78 is 60.2. The van der Waals surface area contributed by atoms with Gasteiger partial charge in [0.05, 0.1) is 16.6 Å². The summed E-state index contributed by atoms with van der Waals surface area (Å²) in [4.78, 5) is 25.9. The maximum Gasteiger partial charge on any atom is 0.341 e. The number of rotatable bonds is 3. The number of nitrogens with zero attached hydrogens (tertiary/aromatic N) is 2. The summed E-state index contributed by atoms with van der Waals surface area (Å²) in [6, 6.07) is 2.94. The topological polar surface area (TPSA) is 88.6 Å². The molecular weight excluding hydrogens is 454 g/mol. The number of fused-ring (bicyclic) bond motifs is 2. The van der Waals surface area contributed by atoms with Crippen molar-refractivity contribution in [3.63, 3.8) is 0 Å². The average molecular weight is 473 g/mol. The number of allylic oxidation sites excluding steroid dienone is 1. The first kappa shape index (κ1) is 22.1. The van der Waals surface area contributed by atoms with Crippen molar-refractivity contribution < 1.29 is 27.5 Å². The Morgan fingerprint density at radius 3 is 2.53 bits per heavy atom. The number of halogens is 4. The quantitative estimate of drug-likeness (QED) is 0.449. The summed E-state index contributed by atoms with van der Waals surface area (Å²) in [5, 5.41) is 8.87. The van der Waals surface area contributed by atoms with Gasteiger partial charge in [0.2, 0.25) is 5.43 Å². The van der Waals surface area contributed by atoms with E-state index in [1.807, 2.05) is 12.2 Å². The van der Waals surface area contributed by atoms with Crippen molar-refractivity contribution in [1.29, 1.82) is 0 Å². The van der Waals surface area contributed by atoms with E-state index in [0.717, 1.165) is 29.0 Å². The molecule has 0 bridgehead atoms. The molecule has 1 saturated heterocycles. The predicted molar refractivity (Wildman–Crippen MR) is 117 cm³/mol. The van der Waals surface area contributed by atoms with Crippen LogP contribution in [0.4, 0.5) is 23.2 Å². The normalized spacial score (nSPS) is 21.8. The highest BCUT2D eigenvalue weighted by molar-refractivity contribution is 5.94. The minimum Gasteiger partial charge on any atom is -0.477 e.